The minimum atomic E-state index is -0.0506. The molecule has 1 aliphatic heterocycles. The highest BCUT2D eigenvalue weighted by Gasteiger charge is 2.22. The maximum Gasteiger partial charge on any atom is 0.237 e. The average Bonchev–Trinajstić information content (AvgIpc) is 3.53. The Bertz CT molecular complexity index is 539. The lowest BCUT2D eigenvalue weighted by molar-refractivity contribution is -0.123. The molecule has 1 rings (SSSR count). The summed E-state index contributed by atoms with van der Waals surface area (Å²) in [7, 11) is 0. The first-order valence-electron chi connectivity index (χ1n) is 18.5. The second kappa shape index (κ2) is 30.8. The van der Waals surface area contributed by atoms with Gasteiger partial charge in [-0.1, -0.05) is 155 Å². The summed E-state index contributed by atoms with van der Waals surface area (Å²) in [6, 6.07) is -0.0334. The smallest absolute Gasteiger partial charge is 0.237 e. The zero-order valence-electron chi connectivity index (χ0n) is 27.8. The highest BCUT2D eigenvalue weighted by Crippen LogP contribution is 2.14. The van der Waals surface area contributed by atoms with Gasteiger partial charge in [0.25, 0.3) is 0 Å². The highest BCUT2D eigenvalue weighted by atomic mass is 16.5. The van der Waals surface area contributed by atoms with Crippen molar-refractivity contribution in [2.75, 3.05) is 32.9 Å². The van der Waals surface area contributed by atoms with E-state index in [-0.39, 0.29) is 18.1 Å². The number of rotatable bonds is 32. The molecule has 2 atom stereocenters. The van der Waals surface area contributed by atoms with Gasteiger partial charge < -0.3 is 20.1 Å². The lowest BCUT2D eigenvalue weighted by atomic mass is 10.1. The molecule has 0 spiro atoms. The summed E-state index contributed by atoms with van der Waals surface area (Å²) in [6.45, 7) is 8.21. The monoisotopic (exact) mass is 581 g/mol. The van der Waals surface area contributed by atoms with Crippen molar-refractivity contribution in [1.29, 1.82) is 0 Å². The van der Waals surface area contributed by atoms with Crippen molar-refractivity contribution < 1.29 is 14.3 Å². The Morgan fingerprint density at radius 1 is 0.659 bits per heavy atom. The van der Waals surface area contributed by atoms with E-state index in [4.69, 9.17) is 9.47 Å². The Morgan fingerprint density at radius 2 is 1.10 bits per heavy atom. The van der Waals surface area contributed by atoms with Crippen LogP contribution in [-0.2, 0) is 14.3 Å². The van der Waals surface area contributed by atoms with Crippen LogP contribution < -0.4 is 10.6 Å². The van der Waals surface area contributed by atoms with Crippen LogP contribution >= 0.6 is 0 Å². The zero-order chi connectivity index (χ0) is 29.5. The van der Waals surface area contributed by atoms with Crippen molar-refractivity contribution in [2.24, 2.45) is 0 Å². The molecule has 0 aliphatic carbocycles. The predicted molar refractivity (Wildman–Crippen MR) is 177 cm³/mol. The molecule has 0 aromatic rings. The lowest BCUT2D eigenvalue weighted by Gasteiger charge is -2.20. The van der Waals surface area contributed by atoms with E-state index in [1.165, 1.54) is 141 Å². The third kappa shape index (κ3) is 25.6. The number of amides is 1. The molecule has 0 radical (unpaired) electrons. The fourth-order valence-electron chi connectivity index (χ4n) is 5.86. The van der Waals surface area contributed by atoms with Crippen molar-refractivity contribution in [1.82, 2.24) is 10.6 Å². The summed E-state index contributed by atoms with van der Waals surface area (Å²) in [4.78, 5) is 12.5. The number of ether oxygens (including phenoxy) is 2. The van der Waals surface area contributed by atoms with Crippen LogP contribution in [-0.4, -0.2) is 51.0 Å². The van der Waals surface area contributed by atoms with Gasteiger partial charge in [-0.15, -0.1) is 0 Å². The number of carbonyl (C=O) groups excluding carboxylic acids is 1. The van der Waals surface area contributed by atoms with E-state index in [0.29, 0.717) is 13.2 Å². The molecule has 5 nitrogen and oxygen atoms in total. The van der Waals surface area contributed by atoms with Crippen LogP contribution in [0.25, 0.3) is 0 Å². The van der Waals surface area contributed by atoms with Crippen molar-refractivity contribution in [2.45, 2.75) is 193 Å². The first-order valence-corrected chi connectivity index (χ1v) is 18.5. The first kappa shape index (κ1) is 38.4. The summed E-state index contributed by atoms with van der Waals surface area (Å²) >= 11 is 0. The largest absolute Gasteiger partial charge is 0.379 e. The van der Waals surface area contributed by atoms with E-state index in [0.717, 1.165) is 45.4 Å². The van der Waals surface area contributed by atoms with Crippen LogP contribution in [0, 0.1) is 0 Å². The molecule has 1 unspecified atom stereocenters. The molecule has 0 aromatic carbocycles. The number of hydrogen-bond donors (Lipinski definition) is 2. The van der Waals surface area contributed by atoms with Crippen LogP contribution in [0.3, 0.4) is 0 Å². The van der Waals surface area contributed by atoms with Gasteiger partial charge in [0.15, 0.2) is 0 Å². The maximum absolute atomic E-state index is 12.5. The highest BCUT2D eigenvalue weighted by molar-refractivity contribution is 5.82. The minimum absolute atomic E-state index is 0.0334. The number of carbonyl (C=O) groups is 1. The summed E-state index contributed by atoms with van der Waals surface area (Å²) < 4.78 is 12.2. The molecule has 0 bridgehead atoms. The summed E-state index contributed by atoms with van der Waals surface area (Å²) in [5.41, 5.74) is 0. The van der Waals surface area contributed by atoms with E-state index in [2.05, 4.69) is 24.5 Å². The molecule has 41 heavy (non-hydrogen) atoms. The molecule has 1 saturated heterocycles. The molecule has 1 heterocycles. The van der Waals surface area contributed by atoms with E-state index >= 15 is 0 Å². The molecule has 244 valence electrons. The van der Waals surface area contributed by atoms with Crippen molar-refractivity contribution >= 4 is 5.91 Å². The van der Waals surface area contributed by atoms with Crippen LogP contribution in [0.15, 0.2) is 0 Å². The fourth-order valence-corrected chi connectivity index (χ4v) is 5.86. The van der Waals surface area contributed by atoms with Gasteiger partial charge in [-0.05, 0) is 32.2 Å². The SMILES string of the molecule is CCCCCCCCCCCCCCOCC(CNC(=O)[C@@H]1CCCN1)OCCCCCCCCCCCCCC. The molecule has 5 heteroatoms. The molecule has 0 aromatic heterocycles. The second-order valence-electron chi connectivity index (χ2n) is 12.7. The van der Waals surface area contributed by atoms with E-state index in [1.54, 1.807) is 0 Å². The molecule has 2 N–H and O–H groups in total. The molecule has 1 aliphatic rings. The Morgan fingerprint density at radius 3 is 1.54 bits per heavy atom. The van der Waals surface area contributed by atoms with E-state index in [1.807, 2.05) is 0 Å². The first-order chi connectivity index (χ1) is 20.3. The second-order valence-corrected chi connectivity index (χ2v) is 12.7. The van der Waals surface area contributed by atoms with Crippen molar-refractivity contribution in [3.05, 3.63) is 0 Å². The van der Waals surface area contributed by atoms with Gasteiger partial charge in [0, 0.05) is 19.8 Å². The standard InChI is InChI=1S/C36H72N2O3/c1-3-5-7-9-11-13-15-17-19-21-23-25-30-40-33-34(32-38-36(39)35-28-27-29-37-35)41-31-26-24-22-20-18-16-14-12-10-8-6-4-2/h34-35,37H,3-33H2,1-2H3,(H,38,39)/t34?,35-/m0/s1. The molecule has 0 saturated carbocycles. The van der Waals surface area contributed by atoms with Crippen LogP contribution in [0.4, 0.5) is 0 Å². The normalized spacial score (nSPS) is 15.9. The van der Waals surface area contributed by atoms with E-state index < -0.39 is 0 Å². The lowest BCUT2D eigenvalue weighted by Crippen LogP contribution is -2.44. The predicted octanol–water partition coefficient (Wildman–Crippen LogP) is 9.66. The topological polar surface area (TPSA) is 59.6 Å². The Hall–Kier alpha value is -0.650. The molecule has 1 fully saturated rings. The van der Waals surface area contributed by atoms with Gasteiger partial charge in [0.1, 0.15) is 0 Å². The van der Waals surface area contributed by atoms with E-state index in [9.17, 15) is 4.79 Å². The van der Waals surface area contributed by atoms with Crippen LogP contribution in [0.5, 0.6) is 0 Å². The van der Waals surface area contributed by atoms with Gasteiger partial charge in [-0.3, -0.25) is 4.79 Å². The van der Waals surface area contributed by atoms with Gasteiger partial charge in [-0.25, -0.2) is 0 Å². The van der Waals surface area contributed by atoms with Crippen molar-refractivity contribution in [3.8, 4) is 0 Å². The average molecular weight is 581 g/mol. The van der Waals surface area contributed by atoms with Gasteiger partial charge >= 0.3 is 0 Å². The maximum atomic E-state index is 12.5. The van der Waals surface area contributed by atoms with Crippen LogP contribution in [0.1, 0.15) is 181 Å². The minimum Gasteiger partial charge on any atom is -0.379 e. The third-order valence-corrected chi connectivity index (χ3v) is 8.68. The zero-order valence-corrected chi connectivity index (χ0v) is 27.8. The molecular formula is C36H72N2O3. The van der Waals surface area contributed by atoms with Gasteiger partial charge in [-0.2, -0.15) is 0 Å². The number of unbranched alkanes of at least 4 members (excludes halogenated alkanes) is 22. The molecular weight excluding hydrogens is 508 g/mol. The quantitative estimate of drug-likeness (QED) is 0.0778. The van der Waals surface area contributed by atoms with Crippen molar-refractivity contribution in [3.63, 3.8) is 0 Å². The summed E-state index contributed by atoms with van der Waals surface area (Å²) in [5, 5.41) is 6.40. The van der Waals surface area contributed by atoms with Crippen LogP contribution in [0.2, 0.25) is 0 Å². The summed E-state index contributed by atoms with van der Waals surface area (Å²) in [5.74, 6) is 0.113. The Balaban J connectivity index is 2.06. The van der Waals surface area contributed by atoms with Gasteiger partial charge in [0.05, 0.1) is 18.8 Å². The third-order valence-electron chi connectivity index (χ3n) is 8.68. The number of nitrogens with one attached hydrogen (secondary N) is 2. The van der Waals surface area contributed by atoms with Gasteiger partial charge in [0.2, 0.25) is 5.91 Å². The fraction of sp³-hybridized carbons (Fsp3) is 0.972. The Labute approximate surface area is 256 Å². The Kier molecular flexibility index (Phi) is 28.8. The molecule has 1 amide bonds. The number of hydrogen-bond acceptors (Lipinski definition) is 4. The summed E-state index contributed by atoms with van der Waals surface area (Å²) in [6.07, 6.45) is 34.5.